The van der Waals surface area contributed by atoms with Gasteiger partial charge in [-0.25, -0.2) is 13.8 Å². The molecule has 22 heavy (non-hydrogen) atoms. The van der Waals surface area contributed by atoms with Crippen molar-refractivity contribution in [2.24, 2.45) is 0 Å². The molecule has 1 amide bonds. The molecular weight excluding hydrogens is 306 g/mol. The van der Waals surface area contributed by atoms with Crippen LogP contribution in [-0.2, 0) is 0 Å². The van der Waals surface area contributed by atoms with Crippen LogP contribution in [0.15, 0.2) is 54.0 Å². The lowest BCUT2D eigenvalue weighted by atomic mass is 10.1. The molecule has 6 heteroatoms. The zero-order chi connectivity index (χ0) is 15.5. The van der Waals surface area contributed by atoms with Crippen molar-refractivity contribution in [3.63, 3.8) is 0 Å². The number of carbonyl (C=O) groups excluding carboxylic acids is 1. The Morgan fingerprint density at radius 2 is 1.77 bits per heavy atom. The Balaban J connectivity index is 1.88. The van der Waals surface area contributed by atoms with Crippen molar-refractivity contribution in [3.05, 3.63) is 71.2 Å². The lowest BCUT2D eigenvalue weighted by Crippen LogP contribution is -2.13. The van der Waals surface area contributed by atoms with E-state index in [9.17, 15) is 13.6 Å². The van der Waals surface area contributed by atoms with Gasteiger partial charge in [0.1, 0.15) is 22.3 Å². The molecule has 2 aromatic carbocycles. The number of aromatic nitrogens is 1. The predicted octanol–water partition coefficient (Wildman–Crippen LogP) is 4.34. The molecule has 0 saturated heterocycles. The maximum absolute atomic E-state index is 13.6. The minimum Gasteiger partial charge on any atom is -0.312 e. The number of thiazole rings is 1. The summed E-state index contributed by atoms with van der Waals surface area (Å²) < 4.78 is 26.6. The third-order valence-electron chi connectivity index (χ3n) is 3.03. The molecule has 0 fully saturated rings. The largest absolute Gasteiger partial charge is 0.312 e. The molecule has 0 unspecified atom stereocenters. The van der Waals surface area contributed by atoms with Crippen LogP contribution in [0, 0.1) is 11.6 Å². The van der Waals surface area contributed by atoms with Crippen molar-refractivity contribution in [3.8, 4) is 11.3 Å². The Kier molecular flexibility index (Phi) is 3.93. The van der Waals surface area contributed by atoms with Crippen molar-refractivity contribution in [2.75, 3.05) is 5.32 Å². The van der Waals surface area contributed by atoms with Crippen molar-refractivity contribution in [1.82, 2.24) is 4.98 Å². The van der Waals surface area contributed by atoms with Gasteiger partial charge in [0, 0.05) is 5.56 Å². The average molecular weight is 316 g/mol. The molecule has 0 bridgehead atoms. The summed E-state index contributed by atoms with van der Waals surface area (Å²) in [4.78, 5) is 16.3. The smallest absolute Gasteiger partial charge is 0.259 e. The first kappa shape index (κ1) is 14.3. The number of hydrogen-bond donors (Lipinski definition) is 1. The van der Waals surface area contributed by atoms with E-state index >= 15 is 0 Å². The number of nitrogens with zero attached hydrogens (tertiary/aromatic N) is 1. The van der Waals surface area contributed by atoms with E-state index in [1.165, 1.54) is 41.7 Å². The lowest BCUT2D eigenvalue weighted by Gasteiger charge is -2.06. The first-order chi connectivity index (χ1) is 10.6. The number of hydrogen-bond acceptors (Lipinski definition) is 3. The molecule has 3 aromatic rings. The van der Waals surface area contributed by atoms with Gasteiger partial charge in [0.2, 0.25) is 0 Å². The third kappa shape index (κ3) is 2.87. The highest BCUT2D eigenvalue weighted by Crippen LogP contribution is 2.31. The van der Waals surface area contributed by atoms with Crippen LogP contribution >= 0.6 is 11.3 Å². The second-order valence-electron chi connectivity index (χ2n) is 4.47. The van der Waals surface area contributed by atoms with E-state index in [0.29, 0.717) is 16.3 Å². The summed E-state index contributed by atoms with van der Waals surface area (Å²) in [6.07, 6.45) is 0. The summed E-state index contributed by atoms with van der Waals surface area (Å²) in [6, 6.07) is 11.5. The number of amides is 1. The second kappa shape index (κ2) is 6.03. The molecule has 3 nitrogen and oxygen atoms in total. The highest BCUT2D eigenvalue weighted by Gasteiger charge is 2.15. The molecule has 1 N–H and O–H groups in total. The van der Waals surface area contributed by atoms with E-state index in [4.69, 9.17) is 0 Å². The Hall–Kier alpha value is -2.60. The number of anilines is 1. The molecule has 3 rings (SSSR count). The van der Waals surface area contributed by atoms with E-state index < -0.39 is 11.7 Å². The molecule has 0 radical (unpaired) electrons. The summed E-state index contributed by atoms with van der Waals surface area (Å²) in [5.74, 6) is -1.49. The van der Waals surface area contributed by atoms with Crippen LogP contribution in [0.5, 0.6) is 0 Å². The number of benzene rings is 2. The van der Waals surface area contributed by atoms with Gasteiger partial charge in [0.25, 0.3) is 5.91 Å². The summed E-state index contributed by atoms with van der Waals surface area (Å²) in [5.41, 5.74) is 2.72. The van der Waals surface area contributed by atoms with E-state index in [2.05, 4.69) is 10.3 Å². The molecule has 1 heterocycles. The van der Waals surface area contributed by atoms with Gasteiger partial charge in [0.15, 0.2) is 0 Å². The van der Waals surface area contributed by atoms with Crippen molar-refractivity contribution < 1.29 is 13.6 Å². The van der Waals surface area contributed by atoms with Crippen LogP contribution < -0.4 is 5.32 Å². The number of rotatable bonds is 3. The number of nitrogens with one attached hydrogen (secondary N) is 1. The van der Waals surface area contributed by atoms with Crippen LogP contribution in [0.25, 0.3) is 11.3 Å². The summed E-state index contributed by atoms with van der Waals surface area (Å²) in [5, 5.41) is 3.13. The maximum Gasteiger partial charge on any atom is 0.259 e. The van der Waals surface area contributed by atoms with E-state index in [1.807, 2.05) is 0 Å². The molecular formula is C16H10F2N2OS. The van der Waals surface area contributed by atoms with Crippen molar-refractivity contribution >= 4 is 22.2 Å². The minimum atomic E-state index is -0.590. The molecule has 110 valence electrons. The molecule has 0 saturated carbocycles. The van der Waals surface area contributed by atoms with Gasteiger partial charge in [-0.15, -0.1) is 11.3 Å². The van der Waals surface area contributed by atoms with Gasteiger partial charge in [-0.2, -0.15) is 0 Å². The van der Waals surface area contributed by atoms with Gasteiger partial charge >= 0.3 is 0 Å². The SMILES string of the molecule is O=C(Nc1scnc1-c1ccc(F)cc1)c1ccccc1F. The summed E-state index contributed by atoms with van der Waals surface area (Å²) in [7, 11) is 0. The first-order valence-corrected chi connectivity index (χ1v) is 7.28. The molecule has 0 spiro atoms. The van der Waals surface area contributed by atoms with Crippen LogP contribution in [0.2, 0.25) is 0 Å². The van der Waals surface area contributed by atoms with Gasteiger partial charge in [0.05, 0.1) is 11.1 Å². The average Bonchev–Trinajstić information content (AvgIpc) is 2.96. The standard InChI is InChI=1S/C16H10F2N2OS/c17-11-7-5-10(6-8-11)14-16(22-9-19-14)20-15(21)12-3-1-2-4-13(12)18/h1-9H,(H,20,21). The number of carbonyl (C=O) groups is 1. The molecule has 0 aliphatic heterocycles. The molecule has 0 aliphatic rings. The monoisotopic (exact) mass is 316 g/mol. The fourth-order valence-electron chi connectivity index (χ4n) is 1.96. The highest BCUT2D eigenvalue weighted by molar-refractivity contribution is 7.14. The molecule has 0 aliphatic carbocycles. The maximum atomic E-state index is 13.6. The highest BCUT2D eigenvalue weighted by atomic mass is 32.1. The minimum absolute atomic E-state index is 0.0408. The molecule has 0 atom stereocenters. The Morgan fingerprint density at radius 1 is 1.05 bits per heavy atom. The first-order valence-electron chi connectivity index (χ1n) is 6.40. The predicted molar refractivity (Wildman–Crippen MR) is 81.9 cm³/mol. The Bertz CT molecular complexity index is 815. The number of halogens is 2. The fraction of sp³-hybridized carbons (Fsp3) is 0. The summed E-state index contributed by atoms with van der Waals surface area (Å²) in [6.45, 7) is 0. The quantitative estimate of drug-likeness (QED) is 0.781. The lowest BCUT2D eigenvalue weighted by molar-refractivity contribution is 0.102. The Morgan fingerprint density at radius 3 is 2.50 bits per heavy atom. The van der Waals surface area contributed by atoms with E-state index in [-0.39, 0.29) is 11.4 Å². The van der Waals surface area contributed by atoms with Crippen molar-refractivity contribution in [1.29, 1.82) is 0 Å². The van der Waals surface area contributed by atoms with Gasteiger partial charge in [-0.1, -0.05) is 12.1 Å². The topological polar surface area (TPSA) is 42.0 Å². The zero-order valence-corrected chi connectivity index (χ0v) is 12.0. The molecule has 1 aromatic heterocycles. The van der Waals surface area contributed by atoms with Crippen LogP contribution in [0.4, 0.5) is 13.8 Å². The fourth-order valence-corrected chi connectivity index (χ4v) is 2.66. The van der Waals surface area contributed by atoms with Crippen molar-refractivity contribution in [2.45, 2.75) is 0 Å². The van der Waals surface area contributed by atoms with Gasteiger partial charge < -0.3 is 5.32 Å². The second-order valence-corrected chi connectivity index (χ2v) is 5.33. The van der Waals surface area contributed by atoms with Crippen LogP contribution in [0.1, 0.15) is 10.4 Å². The summed E-state index contributed by atoms with van der Waals surface area (Å²) >= 11 is 1.22. The third-order valence-corrected chi connectivity index (χ3v) is 3.77. The van der Waals surface area contributed by atoms with Crippen LogP contribution in [-0.4, -0.2) is 10.9 Å². The van der Waals surface area contributed by atoms with Gasteiger partial charge in [-0.05, 0) is 36.4 Å². The van der Waals surface area contributed by atoms with Crippen LogP contribution in [0.3, 0.4) is 0 Å². The van der Waals surface area contributed by atoms with E-state index in [0.717, 1.165) is 0 Å². The normalized spacial score (nSPS) is 10.5. The zero-order valence-electron chi connectivity index (χ0n) is 11.2. The van der Waals surface area contributed by atoms with E-state index in [1.54, 1.807) is 23.7 Å². The Labute approximate surface area is 129 Å². The van der Waals surface area contributed by atoms with Gasteiger partial charge in [-0.3, -0.25) is 4.79 Å².